The van der Waals surface area contributed by atoms with Crippen LogP contribution in [0.15, 0.2) is 60.8 Å². The Kier molecular flexibility index (Phi) is 5.96. The summed E-state index contributed by atoms with van der Waals surface area (Å²) in [7, 11) is 0. The van der Waals surface area contributed by atoms with E-state index in [0.717, 1.165) is 29.7 Å². The number of amides is 2. The highest BCUT2D eigenvalue weighted by Crippen LogP contribution is 2.28. The predicted molar refractivity (Wildman–Crippen MR) is 125 cm³/mol. The maximum absolute atomic E-state index is 13.6. The topological polar surface area (TPSA) is 67.7 Å². The number of aryl methyl sites for hydroxylation is 1. The molecule has 0 bridgehead atoms. The molecule has 0 N–H and O–H groups in total. The van der Waals surface area contributed by atoms with E-state index in [1.54, 1.807) is 4.68 Å². The molecule has 5 rings (SSSR count). The molecule has 7 heteroatoms. The molecule has 1 unspecified atom stereocenters. The van der Waals surface area contributed by atoms with Crippen LogP contribution in [0.25, 0.3) is 16.9 Å². The van der Waals surface area contributed by atoms with Crippen molar-refractivity contribution in [3.05, 3.63) is 71.9 Å². The molecule has 1 aromatic heterocycles. The van der Waals surface area contributed by atoms with Crippen molar-refractivity contribution >= 4 is 11.8 Å². The number of aromatic nitrogens is 2. The average Bonchev–Trinajstić information content (AvgIpc) is 3.55. The van der Waals surface area contributed by atoms with Gasteiger partial charge in [-0.25, -0.2) is 4.68 Å². The van der Waals surface area contributed by atoms with E-state index < -0.39 is 0 Å². The van der Waals surface area contributed by atoms with E-state index in [1.807, 2.05) is 77.5 Å². The van der Waals surface area contributed by atoms with Crippen LogP contribution in [0.2, 0.25) is 0 Å². The molecule has 1 atom stereocenters. The minimum Gasteiger partial charge on any atom is -0.368 e. The zero-order chi connectivity index (χ0) is 22.8. The van der Waals surface area contributed by atoms with Gasteiger partial charge >= 0.3 is 0 Å². The fourth-order valence-electron chi connectivity index (χ4n) is 4.56. The summed E-state index contributed by atoms with van der Waals surface area (Å²) in [5, 5.41) is 4.81. The Bertz CT molecular complexity index is 1140. The molecule has 2 aliphatic rings. The van der Waals surface area contributed by atoms with E-state index >= 15 is 0 Å². The lowest BCUT2D eigenvalue weighted by molar-refractivity contribution is -0.142. The van der Waals surface area contributed by atoms with Crippen LogP contribution in [0.5, 0.6) is 0 Å². The third-order valence-corrected chi connectivity index (χ3v) is 6.45. The Balaban J connectivity index is 1.40. The molecular weight excluding hydrogens is 416 g/mol. The van der Waals surface area contributed by atoms with Crippen LogP contribution in [0.3, 0.4) is 0 Å². The monoisotopic (exact) mass is 444 g/mol. The molecule has 170 valence electrons. The first-order valence-corrected chi connectivity index (χ1v) is 11.5. The van der Waals surface area contributed by atoms with Crippen LogP contribution >= 0.6 is 0 Å². The van der Waals surface area contributed by atoms with E-state index in [0.29, 0.717) is 44.0 Å². The molecule has 3 aromatic rings. The molecule has 0 saturated carbocycles. The summed E-state index contributed by atoms with van der Waals surface area (Å²) in [5.74, 6) is -0.00301. The number of para-hydroxylation sites is 1. The fraction of sp³-hybridized carbons (Fsp3) is 0.346. The highest BCUT2D eigenvalue weighted by molar-refractivity contribution is 6.00. The standard InChI is InChI=1S/C26H28N4O3/c1-19-8-5-6-11-21(19)24-22(18-30(27-24)20-9-3-2-4-10-20)25(31)28-13-15-29(16-14-28)26(32)23-12-7-17-33-23/h2-6,8-11,18,23H,7,12-17H2,1H3. The molecule has 3 heterocycles. The van der Waals surface area contributed by atoms with E-state index in [9.17, 15) is 9.59 Å². The van der Waals surface area contributed by atoms with Crippen molar-refractivity contribution in [1.29, 1.82) is 0 Å². The molecule has 2 aromatic carbocycles. The molecule has 2 saturated heterocycles. The summed E-state index contributed by atoms with van der Waals surface area (Å²) in [5.41, 5.74) is 4.17. The third kappa shape index (κ3) is 4.28. The van der Waals surface area contributed by atoms with E-state index in [4.69, 9.17) is 9.84 Å². The van der Waals surface area contributed by atoms with Crippen molar-refractivity contribution in [1.82, 2.24) is 19.6 Å². The summed E-state index contributed by atoms with van der Waals surface area (Å²) in [6, 6.07) is 17.8. The molecule has 2 amide bonds. The van der Waals surface area contributed by atoms with Crippen molar-refractivity contribution in [2.24, 2.45) is 0 Å². The van der Waals surface area contributed by atoms with Crippen LogP contribution in [0.1, 0.15) is 28.8 Å². The van der Waals surface area contributed by atoms with Crippen molar-refractivity contribution in [3.63, 3.8) is 0 Å². The number of carbonyl (C=O) groups excluding carboxylic acids is 2. The normalized spacial score (nSPS) is 18.5. The van der Waals surface area contributed by atoms with Gasteiger partial charge in [-0.15, -0.1) is 0 Å². The summed E-state index contributed by atoms with van der Waals surface area (Å²) in [4.78, 5) is 30.0. The first kappa shape index (κ1) is 21.4. The molecular formula is C26H28N4O3. The Hall–Kier alpha value is -3.45. The lowest BCUT2D eigenvalue weighted by Crippen LogP contribution is -2.52. The van der Waals surface area contributed by atoms with Gasteiger partial charge in [-0.05, 0) is 37.5 Å². The second-order valence-electron chi connectivity index (χ2n) is 8.61. The van der Waals surface area contributed by atoms with Crippen molar-refractivity contribution in [3.8, 4) is 16.9 Å². The number of carbonyl (C=O) groups is 2. The summed E-state index contributed by atoms with van der Waals surface area (Å²) < 4.78 is 7.32. The van der Waals surface area contributed by atoms with E-state index in [1.165, 1.54) is 0 Å². The molecule has 0 spiro atoms. The number of rotatable bonds is 4. The number of ether oxygens (including phenoxy) is 1. The Morgan fingerprint density at radius 3 is 2.33 bits per heavy atom. The zero-order valence-corrected chi connectivity index (χ0v) is 18.8. The Morgan fingerprint density at radius 1 is 0.939 bits per heavy atom. The Morgan fingerprint density at radius 2 is 1.64 bits per heavy atom. The Labute approximate surface area is 193 Å². The lowest BCUT2D eigenvalue weighted by Gasteiger charge is -2.35. The number of hydrogen-bond acceptors (Lipinski definition) is 4. The number of hydrogen-bond donors (Lipinski definition) is 0. The van der Waals surface area contributed by atoms with E-state index in [2.05, 4.69) is 0 Å². The maximum atomic E-state index is 13.6. The lowest BCUT2D eigenvalue weighted by atomic mass is 10.0. The van der Waals surface area contributed by atoms with Gasteiger partial charge in [0.2, 0.25) is 0 Å². The minimum atomic E-state index is -0.316. The molecule has 2 fully saturated rings. The SMILES string of the molecule is Cc1ccccc1-c1nn(-c2ccccc2)cc1C(=O)N1CCN(C(=O)C2CCCO2)CC1. The van der Waals surface area contributed by atoms with Crippen LogP contribution in [-0.4, -0.2) is 70.3 Å². The van der Waals surface area contributed by atoms with Gasteiger partial charge in [-0.2, -0.15) is 5.10 Å². The number of benzene rings is 2. The minimum absolute atomic E-state index is 0.0529. The summed E-state index contributed by atoms with van der Waals surface area (Å²) >= 11 is 0. The first-order chi connectivity index (χ1) is 16.1. The van der Waals surface area contributed by atoms with Gasteiger partial charge in [0.15, 0.2) is 0 Å². The van der Waals surface area contributed by atoms with Crippen LogP contribution < -0.4 is 0 Å². The largest absolute Gasteiger partial charge is 0.368 e. The second kappa shape index (κ2) is 9.19. The highest BCUT2D eigenvalue weighted by Gasteiger charge is 2.32. The molecule has 7 nitrogen and oxygen atoms in total. The smallest absolute Gasteiger partial charge is 0.257 e. The molecule has 2 aliphatic heterocycles. The summed E-state index contributed by atoms with van der Waals surface area (Å²) in [6.45, 7) is 4.73. The highest BCUT2D eigenvalue weighted by atomic mass is 16.5. The number of piperazine rings is 1. The zero-order valence-electron chi connectivity index (χ0n) is 18.8. The van der Waals surface area contributed by atoms with Crippen LogP contribution in [0.4, 0.5) is 0 Å². The average molecular weight is 445 g/mol. The van der Waals surface area contributed by atoms with Crippen LogP contribution in [0, 0.1) is 6.92 Å². The van der Waals surface area contributed by atoms with Gasteiger partial charge in [-0.1, -0.05) is 42.5 Å². The first-order valence-electron chi connectivity index (χ1n) is 11.5. The second-order valence-corrected chi connectivity index (χ2v) is 8.61. The van der Waals surface area contributed by atoms with Gasteiger partial charge in [0.05, 0.1) is 11.3 Å². The van der Waals surface area contributed by atoms with Gasteiger partial charge in [0, 0.05) is 44.5 Å². The van der Waals surface area contributed by atoms with E-state index in [-0.39, 0.29) is 17.9 Å². The van der Waals surface area contributed by atoms with Gasteiger partial charge in [0.25, 0.3) is 11.8 Å². The van der Waals surface area contributed by atoms with Gasteiger partial charge < -0.3 is 14.5 Å². The fourth-order valence-corrected chi connectivity index (χ4v) is 4.56. The molecule has 0 radical (unpaired) electrons. The van der Waals surface area contributed by atoms with Crippen LogP contribution in [-0.2, 0) is 9.53 Å². The predicted octanol–water partition coefficient (Wildman–Crippen LogP) is 3.31. The van der Waals surface area contributed by atoms with Crippen molar-refractivity contribution in [2.45, 2.75) is 25.9 Å². The van der Waals surface area contributed by atoms with Gasteiger partial charge in [-0.3, -0.25) is 9.59 Å². The molecule has 0 aliphatic carbocycles. The quantitative estimate of drug-likeness (QED) is 0.619. The number of nitrogens with zero attached hydrogens (tertiary/aromatic N) is 4. The molecule has 33 heavy (non-hydrogen) atoms. The van der Waals surface area contributed by atoms with Gasteiger partial charge in [0.1, 0.15) is 11.8 Å². The van der Waals surface area contributed by atoms with Crippen molar-refractivity contribution in [2.75, 3.05) is 32.8 Å². The third-order valence-electron chi connectivity index (χ3n) is 6.45. The van der Waals surface area contributed by atoms with Crippen molar-refractivity contribution < 1.29 is 14.3 Å². The maximum Gasteiger partial charge on any atom is 0.257 e. The summed E-state index contributed by atoms with van der Waals surface area (Å²) in [6.07, 6.45) is 3.23.